The fourth-order valence-corrected chi connectivity index (χ4v) is 5.35. The molecule has 0 aliphatic carbocycles. The van der Waals surface area contributed by atoms with Crippen LogP contribution in [0.5, 0.6) is 0 Å². The van der Waals surface area contributed by atoms with Crippen LogP contribution >= 0.6 is 0 Å². The first kappa shape index (κ1) is 23.4. The van der Waals surface area contributed by atoms with E-state index in [2.05, 4.69) is 37.9 Å². The molecule has 2 aliphatic rings. The average molecular weight is 470 g/mol. The summed E-state index contributed by atoms with van der Waals surface area (Å²) in [6, 6.07) is 13.8. The highest BCUT2D eigenvalue weighted by Crippen LogP contribution is 2.24. The predicted octanol–water partition coefficient (Wildman–Crippen LogP) is 2.14. The third-order valence-electron chi connectivity index (χ3n) is 6.03. The van der Waals surface area contributed by atoms with E-state index in [-0.39, 0.29) is 22.6 Å². The number of rotatable bonds is 6. The van der Waals surface area contributed by atoms with Crippen LogP contribution in [0.1, 0.15) is 25.0 Å². The maximum absolute atomic E-state index is 13.1. The standard InChI is InChI=1S/C24H31N5O3S/c1-17(2)22(26-23-20-9-4-5-10-21(20)33(31,32)27-23)24(30)25-19-8-6-7-18(15-19)16-29-13-11-28(3)12-14-29/h4-10,15,17,22H,11-14,16H2,1-3H3,(H,25,30)(H,26,27)/t22-/m0/s1. The molecule has 2 heterocycles. The molecule has 9 heteroatoms. The molecule has 4 rings (SSSR count). The fourth-order valence-electron chi connectivity index (χ4n) is 4.11. The van der Waals surface area contributed by atoms with Crippen molar-refractivity contribution >= 4 is 27.5 Å². The van der Waals surface area contributed by atoms with Gasteiger partial charge in [0, 0.05) is 44.0 Å². The third-order valence-corrected chi connectivity index (χ3v) is 7.42. The number of likely N-dealkylation sites (N-methyl/N-ethyl adjacent to an activating group) is 1. The van der Waals surface area contributed by atoms with Gasteiger partial charge >= 0.3 is 0 Å². The number of nitrogens with one attached hydrogen (secondary N) is 2. The van der Waals surface area contributed by atoms with Gasteiger partial charge in [0.2, 0.25) is 5.91 Å². The lowest BCUT2D eigenvalue weighted by molar-refractivity contribution is -0.118. The topological polar surface area (TPSA) is 94.1 Å². The van der Waals surface area contributed by atoms with Crippen LogP contribution < -0.4 is 10.0 Å². The number of hydrogen-bond donors (Lipinski definition) is 2. The van der Waals surface area contributed by atoms with Gasteiger partial charge in [0.25, 0.3) is 10.0 Å². The zero-order valence-corrected chi connectivity index (χ0v) is 20.1. The number of hydrogen-bond acceptors (Lipinski definition) is 6. The fraction of sp³-hybridized carbons (Fsp3) is 0.417. The van der Waals surface area contributed by atoms with Crippen molar-refractivity contribution in [2.24, 2.45) is 10.9 Å². The molecule has 176 valence electrons. The van der Waals surface area contributed by atoms with Crippen LogP contribution in [0.4, 0.5) is 5.69 Å². The van der Waals surface area contributed by atoms with E-state index < -0.39 is 16.1 Å². The summed E-state index contributed by atoms with van der Waals surface area (Å²) in [7, 11) is -1.52. The predicted molar refractivity (Wildman–Crippen MR) is 130 cm³/mol. The highest BCUT2D eigenvalue weighted by molar-refractivity contribution is 7.90. The number of benzene rings is 2. The molecule has 2 N–H and O–H groups in total. The Hall–Kier alpha value is -2.75. The van der Waals surface area contributed by atoms with Crippen LogP contribution in [0.2, 0.25) is 0 Å². The Kier molecular flexibility index (Phi) is 6.83. The van der Waals surface area contributed by atoms with E-state index in [0.717, 1.165) is 38.3 Å². The quantitative estimate of drug-likeness (QED) is 0.676. The van der Waals surface area contributed by atoms with Crippen molar-refractivity contribution in [1.82, 2.24) is 14.5 Å². The maximum atomic E-state index is 13.1. The van der Waals surface area contributed by atoms with Crippen LogP contribution in [0.25, 0.3) is 0 Å². The highest BCUT2D eigenvalue weighted by atomic mass is 32.2. The van der Waals surface area contributed by atoms with Gasteiger partial charge in [-0.1, -0.05) is 38.1 Å². The Morgan fingerprint density at radius 3 is 2.55 bits per heavy atom. The second-order valence-electron chi connectivity index (χ2n) is 9.04. The van der Waals surface area contributed by atoms with E-state index in [1.54, 1.807) is 18.2 Å². The molecule has 0 spiro atoms. The van der Waals surface area contributed by atoms with Crippen molar-refractivity contribution in [3.63, 3.8) is 0 Å². The zero-order valence-electron chi connectivity index (χ0n) is 19.3. The Bertz CT molecular complexity index is 1150. The molecule has 0 aromatic heterocycles. The molecule has 1 fully saturated rings. The molecule has 0 bridgehead atoms. The minimum atomic E-state index is -3.65. The van der Waals surface area contributed by atoms with E-state index in [1.165, 1.54) is 6.07 Å². The summed E-state index contributed by atoms with van der Waals surface area (Å²) in [4.78, 5) is 22.6. The van der Waals surface area contributed by atoms with Crippen LogP contribution in [-0.4, -0.2) is 69.2 Å². The van der Waals surface area contributed by atoms with E-state index in [1.807, 2.05) is 32.0 Å². The van der Waals surface area contributed by atoms with Gasteiger partial charge in [-0.2, -0.15) is 0 Å². The Labute approximate surface area is 195 Å². The Morgan fingerprint density at radius 1 is 1.09 bits per heavy atom. The summed E-state index contributed by atoms with van der Waals surface area (Å²) in [5.41, 5.74) is 2.34. The number of carbonyl (C=O) groups excluding carboxylic acids is 1. The van der Waals surface area contributed by atoms with E-state index in [0.29, 0.717) is 11.3 Å². The molecular weight excluding hydrogens is 438 g/mol. The summed E-state index contributed by atoms with van der Waals surface area (Å²) in [5, 5.41) is 2.98. The molecular formula is C24H31N5O3S. The number of piperazine rings is 1. The molecule has 0 radical (unpaired) electrons. The van der Waals surface area contributed by atoms with Gasteiger partial charge in [0.05, 0.1) is 4.90 Å². The number of nitrogens with zero attached hydrogens (tertiary/aromatic N) is 3. The van der Waals surface area contributed by atoms with E-state index in [4.69, 9.17) is 0 Å². The van der Waals surface area contributed by atoms with Crippen molar-refractivity contribution in [3.8, 4) is 0 Å². The van der Waals surface area contributed by atoms with Gasteiger partial charge in [-0.05, 0) is 42.8 Å². The summed E-state index contributed by atoms with van der Waals surface area (Å²) >= 11 is 0. The van der Waals surface area contributed by atoms with E-state index >= 15 is 0 Å². The first-order valence-corrected chi connectivity index (χ1v) is 12.7. The molecule has 8 nitrogen and oxygen atoms in total. The summed E-state index contributed by atoms with van der Waals surface area (Å²) in [6.45, 7) is 8.79. The van der Waals surface area contributed by atoms with Gasteiger partial charge in [0.15, 0.2) is 0 Å². The molecule has 2 aromatic rings. The molecule has 1 amide bonds. The highest BCUT2D eigenvalue weighted by Gasteiger charge is 2.32. The molecule has 0 unspecified atom stereocenters. The van der Waals surface area contributed by atoms with Gasteiger partial charge in [-0.15, -0.1) is 0 Å². The number of carbonyl (C=O) groups is 1. The smallest absolute Gasteiger partial charge is 0.263 e. The Morgan fingerprint density at radius 2 is 1.82 bits per heavy atom. The van der Waals surface area contributed by atoms with Crippen LogP contribution in [0.15, 0.2) is 58.4 Å². The number of anilines is 1. The van der Waals surface area contributed by atoms with Crippen molar-refractivity contribution in [2.75, 3.05) is 38.5 Å². The number of sulfonamides is 1. The number of fused-ring (bicyclic) bond motifs is 1. The minimum Gasteiger partial charge on any atom is -0.324 e. The molecule has 2 aromatic carbocycles. The first-order chi connectivity index (χ1) is 15.7. The number of amidine groups is 1. The van der Waals surface area contributed by atoms with Crippen LogP contribution in [0.3, 0.4) is 0 Å². The lowest BCUT2D eigenvalue weighted by atomic mass is 10.0. The molecule has 2 aliphatic heterocycles. The average Bonchev–Trinajstić information content (AvgIpc) is 3.04. The molecule has 33 heavy (non-hydrogen) atoms. The largest absolute Gasteiger partial charge is 0.324 e. The maximum Gasteiger partial charge on any atom is 0.263 e. The number of amides is 1. The minimum absolute atomic E-state index is 0.122. The summed E-state index contributed by atoms with van der Waals surface area (Å²) in [5.74, 6) is -0.176. The van der Waals surface area contributed by atoms with Crippen LogP contribution in [-0.2, 0) is 21.4 Å². The second kappa shape index (κ2) is 9.62. The van der Waals surface area contributed by atoms with Crippen molar-refractivity contribution < 1.29 is 13.2 Å². The normalized spacial score (nSPS) is 20.4. The lowest BCUT2D eigenvalue weighted by Gasteiger charge is -2.32. The lowest BCUT2D eigenvalue weighted by Crippen LogP contribution is -2.43. The van der Waals surface area contributed by atoms with Gasteiger partial charge in [0.1, 0.15) is 11.9 Å². The number of aliphatic imine (C=N–C) groups is 1. The Balaban J connectivity index is 1.49. The SMILES string of the molecule is CC(C)[C@H](N=C1NS(=O)(=O)c2ccccc21)C(=O)Nc1cccc(CN2CCN(C)CC2)c1. The van der Waals surface area contributed by atoms with Gasteiger partial charge in [-0.3, -0.25) is 19.4 Å². The molecule has 0 saturated carbocycles. The monoisotopic (exact) mass is 469 g/mol. The summed E-state index contributed by atoms with van der Waals surface area (Å²) < 4.78 is 27.3. The van der Waals surface area contributed by atoms with Crippen molar-refractivity contribution in [3.05, 3.63) is 59.7 Å². The van der Waals surface area contributed by atoms with Crippen molar-refractivity contribution in [1.29, 1.82) is 0 Å². The van der Waals surface area contributed by atoms with Crippen molar-refractivity contribution in [2.45, 2.75) is 31.3 Å². The van der Waals surface area contributed by atoms with Crippen LogP contribution in [0, 0.1) is 5.92 Å². The third kappa shape index (κ3) is 5.43. The zero-order chi connectivity index (χ0) is 23.6. The molecule has 1 atom stereocenters. The summed E-state index contributed by atoms with van der Waals surface area (Å²) in [6.07, 6.45) is 0. The first-order valence-electron chi connectivity index (χ1n) is 11.2. The van der Waals surface area contributed by atoms with E-state index in [9.17, 15) is 13.2 Å². The molecule has 1 saturated heterocycles. The van der Waals surface area contributed by atoms with Gasteiger partial charge < -0.3 is 10.2 Å². The second-order valence-corrected chi connectivity index (χ2v) is 10.7. The van der Waals surface area contributed by atoms with Gasteiger partial charge in [-0.25, -0.2) is 8.42 Å².